The highest BCUT2D eigenvalue weighted by Crippen LogP contribution is 1.99. The molecule has 0 heterocycles. The van der Waals surface area contributed by atoms with Crippen molar-refractivity contribution < 1.29 is 4.79 Å². The lowest BCUT2D eigenvalue weighted by atomic mass is 10.1. The standard InChI is InChI=1S/C18H30N4O/c1-5-6-14-22(4)18(20-15-17(23)21(2)3)19-13-12-16-10-8-7-9-11-16/h7-11H,5-6,12-15H2,1-4H3,(H,19,20). The van der Waals surface area contributed by atoms with Gasteiger partial charge in [0, 0.05) is 34.2 Å². The van der Waals surface area contributed by atoms with E-state index in [9.17, 15) is 4.79 Å². The Morgan fingerprint density at radius 2 is 1.87 bits per heavy atom. The predicted molar refractivity (Wildman–Crippen MR) is 96.7 cm³/mol. The van der Waals surface area contributed by atoms with Gasteiger partial charge in [0.05, 0.1) is 0 Å². The van der Waals surface area contributed by atoms with Crippen LogP contribution in [0.3, 0.4) is 0 Å². The normalized spacial score (nSPS) is 11.2. The van der Waals surface area contributed by atoms with Crippen molar-refractivity contribution in [2.24, 2.45) is 4.99 Å². The molecule has 0 saturated carbocycles. The minimum absolute atomic E-state index is 0.0104. The fraction of sp³-hybridized carbons (Fsp3) is 0.556. The molecule has 0 saturated heterocycles. The molecule has 1 aromatic carbocycles. The first kappa shape index (κ1) is 19.0. The number of aliphatic imine (C=N–C) groups is 1. The topological polar surface area (TPSA) is 47.9 Å². The van der Waals surface area contributed by atoms with Gasteiger partial charge >= 0.3 is 0 Å². The van der Waals surface area contributed by atoms with E-state index in [0.29, 0.717) is 0 Å². The number of guanidine groups is 1. The van der Waals surface area contributed by atoms with Crippen molar-refractivity contribution in [3.8, 4) is 0 Å². The van der Waals surface area contributed by atoms with Crippen LogP contribution < -0.4 is 5.32 Å². The molecule has 0 spiro atoms. The van der Waals surface area contributed by atoms with Gasteiger partial charge in [0.15, 0.2) is 5.96 Å². The molecule has 5 heteroatoms. The number of amides is 1. The molecule has 0 radical (unpaired) electrons. The van der Waals surface area contributed by atoms with Crippen LogP contribution in [0.4, 0.5) is 0 Å². The molecule has 0 aromatic heterocycles. The molecule has 1 rings (SSSR count). The fourth-order valence-corrected chi connectivity index (χ4v) is 2.06. The number of hydrogen-bond acceptors (Lipinski definition) is 2. The van der Waals surface area contributed by atoms with Gasteiger partial charge in [-0.1, -0.05) is 43.7 Å². The first-order valence-electron chi connectivity index (χ1n) is 8.28. The molecule has 0 aliphatic rings. The zero-order valence-electron chi connectivity index (χ0n) is 14.9. The van der Waals surface area contributed by atoms with Crippen LogP contribution in [-0.4, -0.2) is 62.4 Å². The molecule has 0 bridgehead atoms. The van der Waals surface area contributed by atoms with Crippen molar-refractivity contribution in [2.75, 3.05) is 40.8 Å². The second kappa shape index (κ2) is 10.6. The van der Waals surface area contributed by atoms with Gasteiger partial charge in [-0.15, -0.1) is 0 Å². The first-order valence-corrected chi connectivity index (χ1v) is 8.28. The van der Waals surface area contributed by atoms with Gasteiger partial charge in [0.25, 0.3) is 0 Å². The SMILES string of the molecule is CCCCN(C)C(=NCC(=O)N(C)C)NCCc1ccccc1. The second-order valence-corrected chi connectivity index (χ2v) is 5.87. The number of nitrogens with zero attached hydrogens (tertiary/aromatic N) is 3. The van der Waals surface area contributed by atoms with Gasteiger partial charge < -0.3 is 15.1 Å². The summed E-state index contributed by atoms with van der Waals surface area (Å²) in [5.74, 6) is 0.806. The third-order valence-corrected chi connectivity index (χ3v) is 3.61. The van der Waals surface area contributed by atoms with Crippen molar-refractivity contribution in [3.63, 3.8) is 0 Å². The zero-order chi connectivity index (χ0) is 17.1. The van der Waals surface area contributed by atoms with E-state index in [4.69, 9.17) is 0 Å². The van der Waals surface area contributed by atoms with Crippen molar-refractivity contribution >= 4 is 11.9 Å². The maximum Gasteiger partial charge on any atom is 0.243 e. The predicted octanol–water partition coefficient (Wildman–Crippen LogP) is 1.99. The third kappa shape index (κ3) is 7.68. The van der Waals surface area contributed by atoms with E-state index in [2.05, 4.69) is 34.3 Å². The molecule has 0 atom stereocenters. The van der Waals surface area contributed by atoms with Gasteiger partial charge in [0.2, 0.25) is 5.91 Å². The Labute approximate surface area is 140 Å². The molecule has 1 aromatic rings. The summed E-state index contributed by atoms with van der Waals surface area (Å²) in [6.07, 6.45) is 3.18. The summed E-state index contributed by atoms with van der Waals surface area (Å²) in [5, 5.41) is 3.38. The lowest BCUT2D eigenvalue weighted by Crippen LogP contribution is -2.41. The summed E-state index contributed by atoms with van der Waals surface area (Å²) in [4.78, 5) is 19.9. The average Bonchev–Trinajstić information content (AvgIpc) is 2.56. The number of benzene rings is 1. The molecule has 0 aliphatic carbocycles. The number of carbonyl (C=O) groups is 1. The maximum absolute atomic E-state index is 11.8. The summed E-state index contributed by atoms with van der Waals surface area (Å²) in [5.41, 5.74) is 1.29. The van der Waals surface area contributed by atoms with Crippen LogP contribution in [0.5, 0.6) is 0 Å². The third-order valence-electron chi connectivity index (χ3n) is 3.61. The number of rotatable bonds is 8. The molecule has 128 valence electrons. The van der Waals surface area contributed by atoms with Gasteiger partial charge in [-0.05, 0) is 18.4 Å². The molecular formula is C18H30N4O. The van der Waals surface area contributed by atoms with E-state index in [-0.39, 0.29) is 12.5 Å². The highest BCUT2D eigenvalue weighted by Gasteiger charge is 2.08. The fourth-order valence-electron chi connectivity index (χ4n) is 2.06. The minimum atomic E-state index is 0.0104. The highest BCUT2D eigenvalue weighted by atomic mass is 16.2. The lowest BCUT2D eigenvalue weighted by molar-refractivity contribution is -0.127. The molecule has 1 amide bonds. The Kier molecular flexibility index (Phi) is 8.80. The van der Waals surface area contributed by atoms with Crippen molar-refractivity contribution in [3.05, 3.63) is 35.9 Å². The molecule has 0 aliphatic heterocycles. The molecule has 1 N–H and O–H groups in total. The lowest BCUT2D eigenvalue weighted by Gasteiger charge is -2.22. The Balaban J connectivity index is 2.59. The van der Waals surface area contributed by atoms with Crippen LogP contribution in [0, 0.1) is 0 Å². The molecule has 5 nitrogen and oxygen atoms in total. The molecule has 23 heavy (non-hydrogen) atoms. The number of nitrogens with one attached hydrogen (secondary N) is 1. The summed E-state index contributed by atoms with van der Waals surface area (Å²) >= 11 is 0. The van der Waals surface area contributed by atoms with Crippen LogP contribution in [0.25, 0.3) is 0 Å². The molecular weight excluding hydrogens is 288 g/mol. The molecule has 0 unspecified atom stereocenters. The summed E-state index contributed by atoms with van der Waals surface area (Å²) in [6, 6.07) is 10.4. The van der Waals surface area contributed by atoms with Gasteiger partial charge in [0.1, 0.15) is 6.54 Å². The largest absolute Gasteiger partial charge is 0.356 e. The molecule has 0 fully saturated rings. The van der Waals surface area contributed by atoms with E-state index < -0.39 is 0 Å². The van der Waals surface area contributed by atoms with E-state index in [1.807, 2.05) is 25.2 Å². The Bertz CT molecular complexity index is 485. The summed E-state index contributed by atoms with van der Waals surface area (Å²) in [6.45, 7) is 4.08. The van der Waals surface area contributed by atoms with Crippen LogP contribution in [-0.2, 0) is 11.2 Å². The summed E-state index contributed by atoms with van der Waals surface area (Å²) in [7, 11) is 5.52. The quantitative estimate of drug-likeness (QED) is 0.589. The number of likely N-dealkylation sites (N-methyl/N-ethyl adjacent to an activating group) is 1. The summed E-state index contributed by atoms with van der Waals surface area (Å²) < 4.78 is 0. The van der Waals surface area contributed by atoms with E-state index in [1.165, 1.54) is 5.56 Å². The smallest absolute Gasteiger partial charge is 0.243 e. The van der Waals surface area contributed by atoms with Crippen molar-refractivity contribution in [1.29, 1.82) is 0 Å². The number of hydrogen-bond donors (Lipinski definition) is 1. The number of carbonyl (C=O) groups excluding carboxylic acids is 1. The zero-order valence-corrected chi connectivity index (χ0v) is 14.9. The van der Waals surface area contributed by atoms with Crippen LogP contribution in [0.15, 0.2) is 35.3 Å². The van der Waals surface area contributed by atoms with Crippen LogP contribution in [0.2, 0.25) is 0 Å². The Morgan fingerprint density at radius 3 is 2.48 bits per heavy atom. The average molecular weight is 318 g/mol. The van der Waals surface area contributed by atoms with E-state index >= 15 is 0 Å². The minimum Gasteiger partial charge on any atom is -0.356 e. The van der Waals surface area contributed by atoms with Crippen LogP contribution in [0.1, 0.15) is 25.3 Å². The van der Waals surface area contributed by atoms with Crippen molar-refractivity contribution in [2.45, 2.75) is 26.2 Å². The van der Waals surface area contributed by atoms with Gasteiger partial charge in [-0.25, -0.2) is 4.99 Å². The van der Waals surface area contributed by atoms with Crippen LogP contribution >= 0.6 is 0 Å². The van der Waals surface area contributed by atoms with Gasteiger partial charge in [-0.3, -0.25) is 4.79 Å². The maximum atomic E-state index is 11.8. The Hall–Kier alpha value is -2.04. The monoisotopic (exact) mass is 318 g/mol. The highest BCUT2D eigenvalue weighted by molar-refractivity contribution is 5.84. The first-order chi connectivity index (χ1) is 11.0. The van der Waals surface area contributed by atoms with Gasteiger partial charge in [-0.2, -0.15) is 0 Å². The second-order valence-electron chi connectivity index (χ2n) is 5.87. The van der Waals surface area contributed by atoms with Crippen molar-refractivity contribution in [1.82, 2.24) is 15.1 Å². The van der Waals surface area contributed by atoms with E-state index in [1.54, 1.807) is 19.0 Å². The van der Waals surface area contributed by atoms with E-state index in [0.717, 1.165) is 38.3 Å². The Morgan fingerprint density at radius 1 is 1.17 bits per heavy atom. The number of unbranched alkanes of at least 4 members (excludes halogenated alkanes) is 1.